The van der Waals surface area contributed by atoms with E-state index in [9.17, 15) is 20.1 Å². The summed E-state index contributed by atoms with van der Waals surface area (Å²) in [6.45, 7) is 0.235. The molecular weight excluding hydrogens is 396 g/mol. The molecule has 172 valence electrons. The van der Waals surface area contributed by atoms with Gasteiger partial charge in [-0.15, -0.1) is 0 Å². The summed E-state index contributed by atoms with van der Waals surface area (Å²) in [7, 11) is 0. The highest BCUT2D eigenvalue weighted by molar-refractivity contribution is 5.67. The monoisotopic (exact) mass is 432 g/mol. The largest absolute Gasteiger partial charge is 0.508 e. The topological polar surface area (TPSA) is 107 Å². The van der Waals surface area contributed by atoms with Gasteiger partial charge in [-0.3, -0.25) is 0 Å². The van der Waals surface area contributed by atoms with Crippen molar-refractivity contribution in [3.8, 4) is 5.75 Å². The fourth-order valence-corrected chi connectivity index (χ4v) is 5.39. The Morgan fingerprint density at radius 1 is 1.16 bits per heavy atom. The Kier molecular flexibility index (Phi) is 8.93. The van der Waals surface area contributed by atoms with Gasteiger partial charge in [0.05, 0.1) is 12.2 Å². The number of hydrogen-bond acceptors (Lipinski definition) is 5. The minimum atomic E-state index is -0.935. The van der Waals surface area contributed by atoms with Crippen LogP contribution in [-0.4, -0.2) is 51.8 Å². The summed E-state index contributed by atoms with van der Waals surface area (Å²) in [5.41, 5.74) is 1.19. The number of aromatic hydroxyl groups is 1. The molecule has 4 N–H and O–H groups in total. The minimum Gasteiger partial charge on any atom is -0.508 e. The van der Waals surface area contributed by atoms with E-state index in [2.05, 4.69) is 0 Å². The molecule has 2 aliphatic rings. The van der Waals surface area contributed by atoms with Gasteiger partial charge in [-0.25, -0.2) is 4.79 Å². The summed E-state index contributed by atoms with van der Waals surface area (Å²) in [6.07, 6.45) is 10.4. The molecule has 2 fully saturated rings. The molecule has 0 aliphatic heterocycles. The van der Waals surface area contributed by atoms with E-state index in [1.165, 1.54) is 5.56 Å². The number of fused-ring (bicyclic) bond motifs is 1. The molecule has 0 saturated heterocycles. The predicted octanol–water partition coefficient (Wildman–Crippen LogP) is 3.54. The highest BCUT2D eigenvalue weighted by Crippen LogP contribution is 2.51. The summed E-state index contributed by atoms with van der Waals surface area (Å²) in [5.74, 6) is 0.920. The normalized spacial score (nSPS) is 28.8. The van der Waals surface area contributed by atoms with Gasteiger partial charge >= 0.3 is 5.97 Å². The van der Waals surface area contributed by atoms with Crippen molar-refractivity contribution in [1.82, 2.24) is 0 Å². The molecule has 0 radical (unpaired) electrons. The standard InChI is InChI=1S/C25H36O6/c26-20(4-2-1-3-17-5-7-21(27)8-6-17)9-10-22-23-14-18(11-12-31-16-25(29)30)13-19(23)15-24(22)28/h5-10,18-20,22-24,26-28H,1-4,11-16H2,(H,29,30)/t18?,19-,20?,22-,23+,24-/m0/s1. The molecule has 6 atom stereocenters. The third-order valence-corrected chi connectivity index (χ3v) is 6.93. The quantitative estimate of drug-likeness (QED) is 0.297. The average Bonchev–Trinajstić information content (AvgIpc) is 3.24. The number of rotatable bonds is 12. The van der Waals surface area contributed by atoms with Crippen molar-refractivity contribution in [3.63, 3.8) is 0 Å². The molecule has 0 amide bonds. The third-order valence-electron chi connectivity index (χ3n) is 6.93. The van der Waals surface area contributed by atoms with Crippen LogP contribution in [-0.2, 0) is 16.0 Å². The molecule has 2 saturated carbocycles. The second-order valence-electron chi connectivity index (χ2n) is 9.24. The summed E-state index contributed by atoms with van der Waals surface area (Å²) < 4.78 is 5.18. The van der Waals surface area contributed by atoms with E-state index >= 15 is 0 Å². The first-order chi connectivity index (χ1) is 14.9. The Morgan fingerprint density at radius 2 is 1.94 bits per heavy atom. The SMILES string of the molecule is O=C(O)COCCC1C[C@H]2C[C@H](O)[C@@H](C=CC(O)CCCCc3ccc(O)cc3)[C@@H]2C1. The third kappa shape index (κ3) is 7.34. The maximum absolute atomic E-state index is 10.5. The van der Waals surface area contributed by atoms with Crippen molar-refractivity contribution in [1.29, 1.82) is 0 Å². The number of phenols is 1. The van der Waals surface area contributed by atoms with Crippen LogP contribution in [0.15, 0.2) is 36.4 Å². The van der Waals surface area contributed by atoms with Gasteiger partial charge in [-0.05, 0) is 80.4 Å². The van der Waals surface area contributed by atoms with Crippen LogP contribution in [0.2, 0.25) is 0 Å². The van der Waals surface area contributed by atoms with Crippen LogP contribution >= 0.6 is 0 Å². The van der Waals surface area contributed by atoms with E-state index in [1.54, 1.807) is 12.1 Å². The van der Waals surface area contributed by atoms with Crippen molar-refractivity contribution in [2.45, 2.75) is 63.6 Å². The number of hydrogen-bond donors (Lipinski definition) is 4. The second kappa shape index (κ2) is 11.7. The molecule has 2 aliphatic carbocycles. The number of carbonyl (C=O) groups is 1. The van der Waals surface area contributed by atoms with Crippen LogP contribution in [0.5, 0.6) is 5.75 Å². The summed E-state index contributed by atoms with van der Waals surface area (Å²) >= 11 is 0. The van der Waals surface area contributed by atoms with Crippen molar-refractivity contribution >= 4 is 5.97 Å². The smallest absolute Gasteiger partial charge is 0.329 e. The zero-order valence-corrected chi connectivity index (χ0v) is 18.1. The summed E-state index contributed by atoms with van der Waals surface area (Å²) in [4.78, 5) is 10.5. The molecule has 1 aromatic rings. The lowest BCUT2D eigenvalue weighted by molar-refractivity contribution is -0.142. The van der Waals surface area contributed by atoms with E-state index in [1.807, 2.05) is 24.3 Å². The number of aliphatic hydroxyl groups excluding tert-OH is 2. The Morgan fingerprint density at radius 3 is 2.68 bits per heavy atom. The Hall–Kier alpha value is -1.89. The first-order valence-electron chi connectivity index (χ1n) is 11.5. The molecule has 1 aromatic carbocycles. The number of carboxylic acids is 1. The van der Waals surface area contributed by atoms with Crippen LogP contribution in [0.4, 0.5) is 0 Å². The number of phenolic OH excluding ortho intramolecular Hbond substituents is 1. The van der Waals surface area contributed by atoms with Crippen molar-refractivity contribution in [2.75, 3.05) is 13.2 Å². The zero-order chi connectivity index (χ0) is 22.2. The van der Waals surface area contributed by atoms with Gasteiger partial charge in [0.2, 0.25) is 0 Å². The number of benzene rings is 1. The summed E-state index contributed by atoms with van der Waals surface area (Å²) in [5, 5.41) is 38.8. The van der Waals surface area contributed by atoms with E-state index in [0.717, 1.165) is 44.9 Å². The lowest BCUT2D eigenvalue weighted by atomic mass is 9.89. The molecule has 0 spiro atoms. The molecule has 0 aromatic heterocycles. The van der Waals surface area contributed by atoms with E-state index in [4.69, 9.17) is 9.84 Å². The van der Waals surface area contributed by atoms with Crippen LogP contribution in [0.3, 0.4) is 0 Å². The average molecular weight is 433 g/mol. The highest BCUT2D eigenvalue weighted by Gasteiger charge is 2.46. The number of aliphatic carboxylic acids is 1. The van der Waals surface area contributed by atoms with Gasteiger partial charge < -0.3 is 25.2 Å². The molecule has 6 heteroatoms. The Balaban J connectivity index is 1.37. The molecule has 3 rings (SSSR count). The molecule has 2 unspecified atom stereocenters. The molecule has 0 heterocycles. The van der Waals surface area contributed by atoms with Crippen molar-refractivity contribution in [2.24, 2.45) is 23.7 Å². The van der Waals surface area contributed by atoms with E-state index < -0.39 is 12.1 Å². The fraction of sp³-hybridized carbons (Fsp3) is 0.640. The van der Waals surface area contributed by atoms with Gasteiger partial charge in [-0.1, -0.05) is 30.7 Å². The first kappa shape index (κ1) is 23.8. The van der Waals surface area contributed by atoms with Gasteiger partial charge in [0.15, 0.2) is 0 Å². The number of carboxylic acid groups (broad SMARTS) is 1. The van der Waals surface area contributed by atoms with E-state index in [-0.39, 0.29) is 24.4 Å². The highest BCUT2D eigenvalue weighted by atomic mass is 16.5. The van der Waals surface area contributed by atoms with Crippen LogP contribution in [0.25, 0.3) is 0 Å². The van der Waals surface area contributed by atoms with Gasteiger partial charge in [0.25, 0.3) is 0 Å². The van der Waals surface area contributed by atoms with Crippen LogP contribution < -0.4 is 0 Å². The molecule has 0 bridgehead atoms. The lowest BCUT2D eigenvalue weighted by Crippen LogP contribution is -2.18. The first-order valence-corrected chi connectivity index (χ1v) is 11.5. The van der Waals surface area contributed by atoms with Crippen LogP contribution in [0.1, 0.15) is 50.5 Å². The Bertz CT molecular complexity index is 715. The number of aliphatic hydroxyl groups is 2. The molecule has 6 nitrogen and oxygen atoms in total. The molecule has 31 heavy (non-hydrogen) atoms. The van der Waals surface area contributed by atoms with Crippen LogP contribution in [0, 0.1) is 23.7 Å². The summed E-state index contributed by atoms with van der Waals surface area (Å²) in [6, 6.07) is 7.25. The number of aryl methyl sites for hydroxylation is 1. The maximum atomic E-state index is 10.5. The number of unbranched alkanes of at least 4 members (excludes halogenated alkanes) is 1. The van der Waals surface area contributed by atoms with Crippen molar-refractivity contribution in [3.05, 3.63) is 42.0 Å². The van der Waals surface area contributed by atoms with Crippen molar-refractivity contribution < 1.29 is 30.0 Å². The zero-order valence-electron chi connectivity index (χ0n) is 18.1. The lowest BCUT2D eigenvalue weighted by Gasteiger charge is -2.19. The predicted molar refractivity (Wildman–Crippen MR) is 118 cm³/mol. The van der Waals surface area contributed by atoms with Gasteiger partial charge in [0, 0.05) is 12.5 Å². The Labute approximate surface area is 184 Å². The number of ether oxygens (including phenoxy) is 1. The van der Waals surface area contributed by atoms with E-state index in [0.29, 0.717) is 30.8 Å². The minimum absolute atomic E-state index is 0.0987. The second-order valence-corrected chi connectivity index (χ2v) is 9.24. The fourth-order valence-electron chi connectivity index (χ4n) is 5.39. The van der Waals surface area contributed by atoms with Gasteiger partial charge in [0.1, 0.15) is 12.4 Å². The maximum Gasteiger partial charge on any atom is 0.329 e. The van der Waals surface area contributed by atoms with Gasteiger partial charge in [-0.2, -0.15) is 0 Å². The molecular formula is C25H36O6.